The molecule has 1 aromatic carbocycles. The van der Waals surface area contributed by atoms with Gasteiger partial charge in [0, 0.05) is 11.4 Å². The summed E-state index contributed by atoms with van der Waals surface area (Å²) in [5.74, 6) is 0.0499. The van der Waals surface area contributed by atoms with Crippen molar-refractivity contribution in [3.8, 4) is 0 Å². The van der Waals surface area contributed by atoms with Gasteiger partial charge in [0.05, 0.1) is 34.5 Å². The van der Waals surface area contributed by atoms with Gasteiger partial charge in [0.15, 0.2) is 0 Å². The van der Waals surface area contributed by atoms with E-state index in [2.05, 4.69) is 28.2 Å². The Morgan fingerprint density at radius 2 is 2.14 bits per heavy atom. The number of anilines is 2. The normalized spacial score (nSPS) is 18.1. The van der Waals surface area contributed by atoms with E-state index in [4.69, 9.17) is 0 Å². The fourth-order valence-corrected chi connectivity index (χ4v) is 3.62. The highest BCUT2D eigenvalue weighted by Crippen LogP contribution is 2.32. The minimum atomic E-state index is -0.0354. The summed E-state index contributed by atoms with van der Waals surface area (Å²) in [5.41, 5.74) is 3.07. The number of fused-ring (bicyclic) bond motifs is 1. The molecular weight excluding hydrogens is 282 g/mol. The van der Waals surface area contributed by atoms with Gasteiger partial charge in [-0.15, -0.1) is 11.3 Å². The number of carbonyl (C=O) groups is 1. The molecule has 1 aromatic heterocycles. The summed E-state index contributed by atoms with van der Waals surface area (Å²) >= 11 is 1.73. The van der Waals surface area contributed by atoms with Crippen LogP contribution in [0.5, 0.6) is 0 Å². The molecule has 1 atom stereocenters. The van der Waals surface area contributed by atoms with E-state index < -0.39 is 0 Å². The van der Waals surface area contributed by atoms with Crippen LogP contribution in [0.1, 0.15) is 22.5 Å². The third kappa shape index (κ3) is 2.78. The van der Waals surface area contributed by atoms with Gasteiger partial charge < -0.3 is 10.2 Å². The third-order valence-electron chi connectivity index (χ3n) is 3.78. The Kier molecular flexibility index (Phi) is 3.68. The number of aromatic nitrogens is 1. The number of hydrogen-bond donors (Lipinski definition) is 1. The van der Waals surface area contributed by atoms with Gasteiger partial charge >= 0.3 is 0 Å². The van der Waals surface area contributed by atoms with Crippen molar-refractivity contribution in [1.82, 2.24) is 4.98 Å². The van der Waals surface area contributed by atoms with Crippen molar-refractivity contribution in [1.29, 1.82) is 0 Å². The monoisotopic (exact) mass is 301 g/mol. The van der Waals surface area contributed by atoms with Crippen LogP contribution in [0, 0.1) is 19.8 Å². The van der Waals surface area contributed by atoms with E-state index in [1.807, 2.05) is 32.0 Å². The van der Waals surface area contributed by atoms with Crippen LogP contribution >= 0.6 is 11.3 Å². The average Bonchev–Trinajstić information content (AvgIpc) is 2.70. The molecule has 0 fully saturated rings. The topological polar surface area (TPSA) is 45.2 Å². The van der Waals surface area contributed by atoms with Gasteiger partial charge in [-0.05, 0) is 26.0 Å². The number of amides is 1. The zero-order valence-corrected chi connectivity index (χ0v) is 13.3. The van der Waals surface area contributed by atoms with Crippen molar-refractivity contribution in [2.45, 2.75) is 27.3 Å². The SMILES string of the molecule is Cc1nc(C)c(CN2C[C@@H](C)C(=O)Nc3ccccc32)s1. The fourth-order valence-electron chi connectivity index (χ4n) is 2.67. The smallest absolute Gasteiger partial charge is 0.229 e. The van der Waals surface area contributed by atoms with Crippen molar-refractivity contribution in [2.24, 2.45) is 5.92 Å². The number of aryl methyl sites for hydroxylation is 2. The second kappa shape index (κ2) is 5.48. The molecule has 2 heterocycles. The number of carbonyl (C=O) groups excluding carboxylic acids is 1. The van der Waals surface area contributed by atoms with Crippen LogP contribution in [0.3, 0.4) is 0 Å². The van der Waals surface area contributed by atoms with Crippen molar-refractivity contribution in [2.75, 3.05) is 16.8 Å². The van der Waals surface area contributed by atoms with E-state index >= 15 is 0 Å². The van der Waals surface area contributed by atoms with E-state index in [9.17, 15) is 4.79 Å². The second-order valence-electron chi connectivity index (χ2n) is 5.53. The van der Waals surface area contributed by atoms with E-state index in [-0.39, 0.29) is 11.8 Å². The highest BCUT2D eigenvalue weighted by atomic mass is 32.1. The number of para-hydroxylation sites is 2. The van der Waals surface area contributed by atoms with Crippen molar-refractivity contribution in [3.63, 3.8) is 0 Å². The molecule has 2 aromatic rings. The van der Waals surface area contributed by atoms with Gasteiger partial charge in [0.2, 0.25) is 5.91 Å². The summed E-state index contributed by atoms with van der Waals surface area (Å²) in [6.45, 7) is 7.58. The highest BCUT2D eigenvalue weighted by Gasteiger charge is 2.25. The number of hydrogen-bond acceptors (Lipinski definition) is 4. The molecule has 0 unspecified atom stereocenters. The van der Waals surface area contributed by atoms with E-state index in [1.165, 1.54) is 4.88 Å². The van der Waals surface area contributed by atoms with Crippen LogP contribution in [0.2, 0.25) is 0 Å². The Morgan fingerprint density at radius 1 is 1.38 bits per heavy atom. The first-order valence-corrected chi connectivity index (χ1v) is 7.94. The standard InChI is InChI=1S/C16H19N3OS/c1-10-8-19(9-15-11(2)17-12(3)21-15)14-7-5-4-6-13(14)18-16(10)20/h4-7,10H,8-9H2,1-3H3,(H,18,20)/t10-/m1/s1. The number of nitrogens with zero attached hydrogens (tertiary/aromatic N) is 2. The Morgan fingerprint density at radius 3 is 2.86 bits per heavy atom. The summed E-state index contributed by atoms with van der Waals surface area (Å²) < 4.78 is 0. The summed E-state index contributed by atoms with van der Waals surface area (Å²) in [6, 6.07) is 7.99. The average molecular weight is 301 g/mol. The van der Waals surface area contributed by atoms with Crippen LogP contribution in [0.25, 0.3) is 0 Å². The molecule has 0 spiro atoms. The summed E-state index contributed by atoms with van der Waals surface area (Å²) in [4.78, 5) is 20.1. The van der Waals surface area contributed by atoms with Gasteiger partial charge in [0.1, 0.15) is 0 Å². The lowest BCUT2D eigenvalue weighted by molar-refractivity contribution is -0.119. The first kappa shape index (κ1) is 14.1. The molecule has 21 heavy (non-hydrogen) atoms. The molecule has 0 saturated carbocycles. The zero-order valence-electron chi connectivity index (χ0n) is 12.5. The van der Waals surface area contributed by atoms with Crippen LogP contribution < -0.4 is 10.2 Å². The molecule has 1 aliphatic heterocycles. The summed E-state index contributed by atoms with van der Waals surface area (Å²) in [5, 5.41) is 4.11. The van der Waals surface area contributed by atoms with E-state index in [0.717, 1.165) is 35.2 Å². The molecule has 1 aliphatic rings. The van der Waals surface area contributed by atoms with Crippen LogP contribution in [0.15, 0.2) is 24.3 Å². The van der Waals surface area contributed by atoms with E-state index in [1.54, 1.807) is 11.3 Å². The molecule has 0 saturated heterocycles. The van der Waals surface area contributed by atoms with Crippen molar-refractivity contribution >= 4 is 28.6 Å². The predicted octanol–water partition coefficient (Wildman–Crippen LogP) is 3.35. The second-order valence-corrected chi connectivity index (χ2v) is 6.82. The van der Waals surface area contributed by atoms with Gasteiger partial charge in [-0.1, -0.05) is 19.1 Å². The predicted molar refractivity (Wildman–Crippen MR) is 86.9 cm³/mol. The molecule has 0 aliphatic carbocycles. The Balaban J connectivity index is 1.96. The van der Waals surface area contributed by atoms with Crippen molar-refractivity contribution < 1.29 is 4.79 Å². The maximum atomic E-state index is 12.1. The third-order valence-corrected chi connectivity index (χ3v) is 4.84. The Hall–Kier alpha value is -1.88. The largest absolute Gasteiger partial charge is 0.364 e. The van der Waals surface area contributed by atoms with Gasteiger partial charge in [0.25, 0.3) is 0 Å². The minimum Gasteiger partial charge on any atom is -0.364 e. The fraction of sp³-hybridized carbons (Fsp3) is 0.375. The number of rotatable bonds is 2. The van der Waals surface area contributed by atoms with Crippen LogP contribution in [-0.4, -0.2) is 17.4 Å². The van der Waals surface area contributed by atoms with Crippen molar-refractivity contribution in [3.05, 3.63) is 39.8 Å². The molecule has 5 heteroatoms. The van der Waals surface area contributed by atoms with E-state index in [0.29, 0.717) is 0 Å². The number of nitrogens with one attached hydrogen (secondary N) is 1. The lowest BCUT2D eigenvalue weighted by Gasteiger charge is -2.25. The molecular formula is C16H19N3OS. The number of benzene rings is 1. The zero-order chi connectivity index (χ0) is 15.0. The Labute approximate surface area is 128 Å². The lowest BCUT2D eigenvalue weighted by Crippen LogP contribution is -2.30. The summed E-state index contributed by atoms with van der Waals surface area (Å²) in [6.07, 6.45) is 0. The maximum Gasteiger partial charge on any atom is 0.229 e. The van der Waals surface area contributed by atoms with Gasteiger partial charge in [-0.25, -0.2) is 4.98 Å². The summed E-state index contributed by atoms with van der Waals surface area (Å²) in [7, 11) is 0. The van der Waals surface area contributed by atoms with Gasteiger partial charge in [-0.3, -0.25) is 4.79 Å². The minimum absolute atomic E-state index is 0.0354. The lowest BCUT2D eigenvalue weighted by atomic mass is 10.1. The first-order chi connectivity index (χ1) is 10.0. The highest BCUT2D eigenvalue weighted by molar-refractivity contribution is 7.11. The quantitative estimate of drug-likeness (QED) is 0.925. The maximum absolute atomic E-state index is 12.1. The van der Waals surface area contributed by atoms with Crippen LogP contribution in [0.4, 0.5) is 11.4 Å². The molecule has 3 rings (SSSR count). The molecule has 0 radical (unpaired) electrons. The Bertz CT molecular complexity index is 680. The molecule has 4 nitrogen and oxygen atoms in total. The van der Waals surface area contributed by atoms with Gasteiger partial charge in [-0.2, -0.15) is 0 Å². The molecule has 110 valence electrons. The first-order valence-electron chi connectivity index (χ1n) is 7.12. The van der Waals surface area contributed by atoms with Crippen LogP contribution in [-0.2, 0) is 11.3 Å². The molecule has 1 N–H and O–H groups in total. The molecule has 1 amide bonds. The number of thiazole rings is 1. The molecule has 0 bridgehead atoms.